The Morgan fingerprint density at radius 1 is 1.15 bits per heavy atom. The van der Waals surface area contributed by atoms with Crippen LogP contribution in [0.15, 0.2) is 41.7 Å². The zero-order valence-electron chi connectivity index (χ0n) is 21.0. The summed E-state index contributed by atoms with van der Waals surface area (Å²) in [6.45, 7) is 1.75. The lowest BCUT2D eigenvalue weighted by atomic mass is 9.92. The number of hydrogen-bond acceptors (Lipinski definition) is 9. The van der Waals surface area contributed by atoms with Gasteiger partial charge in [0.25, 0.3) is 0 Å². The maximum absolute atomic E-state index is 15.0. The summed E-state index contributed by atoms with van der Waals surface area (Å²) in [6, 6.07) is 6.69. The molecule has 3 atom stereocenters. The molecule has 9 nitrogen and oxygen atoms in total. The van der Waals surface area contributed by atoms with Crippen molar-refractivity contribution in [2.45, 2.75) is 44.5 Å². The molecule has 2 aliphatic rings. The van der Waals surface area contributed by atoms with Gasteiger partial charge in [0.1, 0.15) is 23.0 Å². The number of rotatable bonds is 6. The molecule has 1 aliphatic carbocycles. The molecule has 3 heterocycles. The van der Waals surface area contributed by atoms with Crippen LogP contribution < -0.4 is 10.1 Å². The fourth-order valence-electron chi connectivity index (χ4n) is 4.45. The summed E-state index contributed by atoms with van der Waals surface area (Å²) >= 11 is 7.81. The molecule has 1 fully saturated rings. The van der Waals surface area contributed by atoms with Crippen molar-refractivity contribution in [1.29, 1.82) is 0 Å². The summed E-state index contributed by atoms with van der Waals surface area (Å²) in [7, 11) is 1.64. The molecule has 1 N–H and O–H groups in total. The largest absolute Gasteiger partial charge is 0.483 e. The number of halogens is 2. The van der Waals surface area contributed by atoms with Crippen molar-refractivity contribution in [3.8, 4) is 16.3 Å². The molecule has 12 heteroatoms. The van der Waals surface area contributed by atoms with Crippen LogP contribution in [-0.2, 0) is 15.9 Å². The second-order valence-corrected chi connectivity index (χ2v) is 10.8. The van der Waals surface area contributed by atoms with E-state index in [-0.39, 0.29) is 11.9 Å². The van der Waals surface area contributed by atoms with Crippen molar-refractivity contribution >= 4 is 56.8 Å². The molecule has 4 aromatic rings. The number of hydrogen-bond donors (Lipinski definition) is 1. The monoisotopic (exact) mass is 567 g/mol. The number of methoxy groups -OCH3 is 1. The van der Waals surface area contributed by atoms with E-state index in [1.165, 1.54) is 29.8 Å². The van der Waals surface area contributed by atoms with Crippen LogP contribution in [0.4, 0.5) is 20.6 Å². The maximum atomic E-state index is 15.0. The summed E-state index contributed by atoms with van der Waals surface area (Å²) in [4.78, 5) is 29.6. The first kappa shape index (κ1) is 25.6. The Bertz CT molecular complexity index is 1600. The van der Waals surface area contributed by atoms with E-state index in [9.17, 15) is 4.79 Å². The van der Waals surface area contributed by atoms with Gasteiger partial charge in [0.05, 0.1) is 40.1 Å². The minimum absolute atomic E-state index is 0.0809. The number of amides is 1. The molecule has 6 rings (SSSR count). The lowest BCUT2D eigenvalue weighted by Crippen LogP contribution is -2.45. The molecule has 2 aromatic heterocycles. The van der Waals surface area contributed by atoms with E-state index in [1.807, 2.05) is 12.1 Å². The number of nitrogens with zero attached hydrogens (tertiary/aromatic N) is 4. The van der Waals surface area contributed by atoms with E-state index in [1.54, 1.807) is 26.3 Å². The Kier molecular flexibility index (Phi) is 6.88. The lowest BCUT2D eigenvalue weighted by Gasteiger charge is -2.35. The molecule has 2 aromatic carbocycles. The van der Waals surface area contributed by atoms with E-state index < -0.39 is 24.1 Å². The number of anilines is 1. The van der Waals surface area contributed by atoms with Gasteiger partial charge in [-0.2, -0.15) is 0 Å². The van der Waals surface area contributed by atoms with Gasteiger partial charge in [-0.15, -0.1) is 11.3 Å². The molecule has 0 spiro atoms. The number of carbonyl (C=O) groups is 1. The molecule has 200 valence electrons. The number of aryl methyl sites for hydroxylation is 1. The smallest absolute Gasteiger partial charge is 0.412 e. The van der Waals surface area contributed by atoms with Crippen LogP contribution in [0.1, 0.15) is 24.2 Å². The van der Waals surface area contributed by atoms with Gasteiger partial charge in [0.15, 0.2) is 11.6 Å². The normalized spacial score (nSPS) is 19.8. The predicted octanol–water partition coefficient (Wildman–Crippen LogP) is 6.29. The van der Waals surface area contributed by atoms with Crippen LogP contribution in [-0.4, -0.2) is 52.7 Å². The molecule has 1 saturated carbocycles. The molecular formula is C27H23ClFN5O4S. The van der Waals surface area contributed by atoms with Crippen molar-refractivity contribution in [2.75, 3.05) is 12.4 Å². The zero-order chi connectivity index (χ0) is 27.1. The Labute approximate surface area is 232 Å². The number of aromatic nitrogens is 3. The van der Waals surface area contributed by atoms with Crippen molar-refractivity contribution in [1.82, 2.24) is 15.0 Å². The summed E-state index contributed by atoms with van der Waals surface area (Å²) < 4.78 is 32.6. The Morgan fingerprint density at radius 2 is 1.95 bits per heavy atom. The number of thiazole rings is 1. The Hall–Kier alpha value is -3.67. The first-order valence-electron chi connectivity index (χ1n) is 12.3. The lowest BCUT2D eigenvalue weighted by molar-refractivity contribution is -0.0431. The van der Waals surface area contributed by atoms with Gasteiger partial charge in [-0.1, -0.05) is 11.6 Å². The van der Waals surface area contributed by atoms with Crippen LogP contribution >= 0.6 is 22.9 Å². The molecule has 3 unspecified atom stereocenters. The van der Waals surface area contributed by atoms with E-state index in [2.05, 4.69) is 25.3 Å². The predicted molar refractivity (Wildman–Crippen MR) is 147 cm³/mol. The van der Waals surface area contributed by atoms with E-state index in [0.717, 1.165) is 21.5 Å². The highest BCUT2D eigenvalue weighted by Crippen LogP contribution is 2.42. The quantitative estimate of drug-likeness (QED) is 0.292. The highest BCUT2D eigenvalue weighted by atomic mass is 35.5. The Morgan fingerprint density at radius 3 is 2.69 bits per heavy atom. The summed E-state index contributed by atoms with van der Waals surface area (Å²) in [6.07, 6.45) is 4.92. The summed E-state index contributed by atoms with van der Waals surface area (Å²) in [5.41, 5.74) is 3.46. The van der Waals surface area contributed by atoms with E-state index in [4.69, 9.17) is 25.8 Å². The first-order chi connectivity index (χ1) is 18.9. The van der Waals surface area contributed by atoms with Gasteiger partial charge in [-0.05, 0) is 37.5 Å². The molecule has 39 heavy (non-hydrogen) atoms. The molecule has 0 saturated heterocycles. The van der Waals surface area contributed by atoms with Gasteiger partial charge < -0.3 is 14.2 Å². The van der Waals surface area contributed by atoms with Crippen molar-refractivity contribution < 1.29 is 23.4 Å². The number of nitrogens with one attached hydrogen (secondary N) is 1. The van der Waals surface area contributed by atoms with Crippen LogP contribution in [0.25, 0.3) is 20.8 Å². The van der Waals surface area contributed by atoms with Crippen LogP contribution in [0, 0.1) is 12.7 Å². The minimum atomic E-state index is -0.645. The number of ether oxygens (including phenoxy) is 3. The van der Waals surface area contributed by atoms with Gasteiger partial charge in [0.2, 0.25) is 0 Å². The van der Waals surface area contributed by atoms with Crippen LogP contribution in [0.3, 0.4) is 0 Å². The second kappa shape index (κ2) is 10.5. The second-order valence-electron chi connectivity index (χ2n) is 9.31. The third kappa shape index (κ3) is 5.29. The zero-order valence-corrected chi connectivity index (χ0v) is 22.6. The van der Waals surface area contributed by atoms with Gasteiger partial charge >= 0.3 is 6.09 Å². The molecule has 0 radical (unpaired) electrons. The average molecular weight is 568 g/mol. The third-order valence-corrected chi connectivity index (χ3v) is 7.90. The highest BCUT2D eigenvalue weighted by molar-refractivity contribution is 7.21. The van der Waals surface area contributed by atoms with Crippen molar-refractivity contribution in [3.05, 3.63) is 58.9 Å². The van der Waals surface area contributed by atoms with Crippen LogP contribution in [0.2, 0.25) is 5.02 Å². The molecular weight excluding hydrogens is 545 g/mol. The standard InChI is InChI=1S/C27H23ClFN5O4S/c1-13-30-10-16(11-31-13)33-27(35)38-22-4-3-21(22)37-23-9-24-20(8-19(23)29)34-26(39-24)18-7-15(28)5-14-6-17(36-2)12-32-25(14)18/h5,7-12,17,21-22H,3-4,6H2,1-2H3,(H,33,35). The Balaban J connectivity index is 1.19. The summed E-state index contributed by atoms with van der Waals surface area (Å²) in [5, 5.41) is 3.83. The van der Waals surface area contributed by atoms with Gasteiger partial charge in [-0.3, -0.25) is 10.3 Å². The highest BCUT2D eigenvalue weighted by Gasteiger charge is 2.37. The molecule has 1 amide bonds. The van der Waals surface area contributed by atoms with Gasteiger partial charge in [0, 0.05) is 42.5 Å². The maximum Gasteiger partial charge on any atom is 0.412 e. The topological polar surface area (TPSA) is 108 Å². The van der Waals surface area contributed by atoms with E-state index in [0.29, 0.717) is 46.3 Å². The van der Waals surface area contributed by atoms with E-state index >= 15 is 4.39 Å². The number of aliphatic imine (C=N–C) groups is 1. The molecule has 1 aliphatic heterocycles. The fraction of sp³-hybridized carbons (Fsp3) is 0.296. The van der Waals surface area contributed by atoms with Crippen molar-refractivity contribution in [2.24, 2.45) is 4.99 Å². The average Bonchev–Trinajstić information content (AvgIpc) is 3.32. The van der Waals surface area contributed by atoms with Gasteiger partial charge in [-0.25, -0.2) is 24.1 Å². The SMILES string of the molecule is COC1C=Nc2c(cc(Cl)cc2-c2nc3cc(F)c(OC4CCC4OC(=O)Nc4cnc(C)nc4)cc3s2)C1. The van der Waals surface area contributed by atoms with Crippen LogP contribution in [0.5, 0.6) is 5.75 Å². The third-order valence-electron chi connectivity index (χ3n) is 6.63. The minimum Gasteiger partial charge on any atom is -0.483 e. The number of fused-ring (bicyclic) bond motifs is 2. The molecule has 0 bridgehead atoms. The first-order valence-corrected chi connectivity index (χ1v) is 13.5. The van der Waals surface area contributed by atoms with Crippen molar-refractivity contribution in [3.63, 3.8) is 0 Å². The summed E-state index contributed by atoms with van der Waals surface area (Å²) in [5.74, 6) is 0.131. The number of carbonyl (C=O) groups excluding carboxylic acids is 1. The fourth-order valence-corrected chi connectivity index (χ4v) is 5.68. The number of benzene rings is 2.